The molecule has 0 spiro atoms. The van der Waals surface area contributed by atoms with Crippen molar-refractivity contribution in [3.05, 3.63) is 0 Å². The summed E-state index contributed by atoms with van der Waals surface area (Å²) in [5, 5.41) is 2.77. The van der Waals surface area contributed by atoms with Crippen molar-refractivity contribution in [1.82, 2.24) is 10.2 Å². The van der Waals surface area contributed by atoms with Gasteiger partial charge in [0.2, 0.25) is 5.91 Å². The van der Waals surface area contributed by atoms with Crippen molar-refractivity contribution in [2.24, 2.45) is 11.1 Å². The summed E-state index contributed by atoms with van der Waals surface area (Å²) in [6, 6.07) is 0. The zero-order valence-electron chi connectivity index (χ0n) is 10.7. The van der Waals surface area contributed by atoms with Crippen molar-refractivity contribution >= 4 is 23.1 Å². The van der Waals surface area contributed by atoms with Crippen LogP contribution in [0.25, 0.3) is 0 Å². The fourth-order valence-corrected chi connectivity index (χ4v) is 1.27. The Hall–Kier alpha value is -0.680. The summed E-state index contributed by atoms with van der Waals surface area (Å²) in [4.78, 5) is 13.8. The lowest BCUT2D eigenvalue weighted by Gasteiger charge is -2.26. The minimum Gasteiger partial charge on any atom is -0.393 e. The van der Waals surface area contributed by atoms with E-state index >= 15 is 0 Å². The molecule has 4 nitrogen and oxygen atoms in total. The average Bonchev–Trinajstić information content (AvgIpc) is 2.15. The third-order valence-electron chi connectivity index (χ3n) is 2.57. The van der Waals surface area contributed by atoms with Gasteiger partial charge in [-0.1, -0.05) is 26.1 Å². The van der Waals surface area contributed by atoms with E-state index in [4.69, 9.17) is 18.0 Å². The Morgan fingerprint density at radius 3 is 2.50 bits per heavy atom. The molecule has 5 heteroatoms. The number of carbonyl (C=O) groups excluding carboxylic acids is 1. The maximum atomic E-state index is 11.3. The van der Waals surface area contributed by atoms with Gasteiger partial charge in [0.15, 0.2) is 0 Å². The monoisotopic (exact) mass is 245 g/mol. The topological polar surface area (TPSA) is 58.4 Å². The van der Waals surface area contributed by atoms with E-state index in [1.54, 1.807) is 0 Å². The van der Waals surface area contributed by atoms with Crippen LogP contribution in [0.2, 0.25) is 0 Å². The standard InChI is InChI=1S/C11H23N3OS/c1-5-13-9(15)8-14(4)7-6-11(2,3)10(12)16/h5-8H2,1-4H3,(H2,12,16)(H,13,15). The van der Waals surface area contributed by atoms with Crippen molar-refractivity contribution in [2.45, 2.75) is 27.2 Å². The van der Waals surface area contributed by atoms with Crippen LogP contribution in [0.4, 0.5) is 0 Å². The SMILES string of the molecule is CCNC(=O)CN(C)CCC(C)(C)C(N)=S. The number of likely N-dealkylation sites (N-methyl/N-ethyl adjacent to an activating group) is 2. The quantitative estimate of drug-likeness (QED) is 0.650. The zero-order chi connectivity index (χ0) is 12.8. The lowest BCUT2D eigenvalue weighted by atomic mass is 9.89. The number of rotatable bonds is 7. The van der Waals surface area contributed by atoms with Crippen molar-refractivity contribution in [1.29, 1.82) is 0 Å². The highest BCUT2D eigenvalue weighted by Gasteiger charge is 2.21. The van der Waals surface area contributed by atoms with E-state index in [2.05, 4.69) is 5.32 Å². The molecule has 0 bridgehead atoms. The number of carbonyl (C=O) groups is 1. The molecule has 0 aromatic carbocycles. The van der Waals surface area contributed by atoms with Gasteiger partial charge in [0.25, 0.3) is 0 Å². The molecule has 0 fully saturated rings. The second kappa shape index (κ2) is 6.81. The van der Waals surface area contributed by atoms with E-state index in [1.807, 2.05) is 32.7 Å². The van der Waals surface area contributed by atoms with Crippen LogP contribution in [-0.4, -0.2) is 42.5 Å². The van der Waals surface area contributed by atoms with Gasteiger partial charge in [0, 0.05) is 12.0 Å². The average molecular weight is 245 g/mol. The van der Waals surface area contributed by atoms with Gasteiger partial charge in [0.05, 0.1) is 11.5 Å². The molecule has 94 valence electrons. The molecule has 0 saturated carbocycles. The highest BCUT2D eigenvalue weighted by molar-refractivity contribution is 7.80. The molecule has 3 N–H and O–H groups in total. The van der Waals surface area contributed by atoms with Crippen molar-refractivity contribution in [2.75, 3.05) is 26.7 Å². The van der Waals surface area contributed by atoms with Crippen LogP contribution in [0.5, 0.6) is 0 Å². The Labute approximate surface area is 104 Å². The van der Waals surface area contributed by atoms with Crippen LogP contribution in [0.3, 0.4) is 0 Å². The van der Waals surface area contributed by atoms with Crippen LogP contribution >= 0.6 is 12.2 Å². The number of nitrogens with one attached hydrogen (secondary N) is 1. The smallest absolute Gasteiger partial charge is 0.234 e. The molecular formula is C11H23N3OS. The Kier molecular flexibility index (Phi) is 6.52. The van der Waals surface area contributed by atoms with E-state index in [9.17, 15) is 4.79 Å². The highest BCUT2D eigenvalue weighted by Crippen LogP contribution is 2.20. The molecule has 0 saturated heterocycles. The molecule has 0 aliphatic carbocycles. The minimum atomic E-state index is -0.148. The van der Waals surface area contributed by atoms with Gasteiger partial charge in [-0.25, -0.2) is 0 Å². The van der Waals surface area contributed by atoms with E-state index in [-0.39, 0.29) is 11.3 Å². The molecule has 0 aromatic rings. The first kappa shape index (κ1) is 15.3. The Morgan fingerprint density at radius 2 is 2.06 bits per heavy atom. The van der Waals surface area contributed by atoms with E-state index < -0.39 is 0 Å². The van der Waals surface area contributed by atoms with Gasteiger partial charge >= 0.3 is 0 Å². The predicted octanol–water partition coefficient (Wildman–Crippen LogP) is 0.757. The highest BCUT2D eigenvalue weighted by atomic mass is 32.1. The van der Waals surface area contributed by atoms with Crippen molar-refractivity contribution in [3.8, 4) is 0 Å². The molecule has 0 radical (unpaired) electrons. The third kappa shape index (κ3) is 6.02. The summed E-state index contributed by atoms with van der Waals surface area (Å²) in [7, 11) is 1.92. The first-order chi connectivity index (χ1) is 7.29. The van der Waals surface area contributed by atoms with Crippen molar-refractivity contribution < 1.29 is 4.79 Å². The molecule has 0 aliphatic heterocycles. The zero-order valence-corrected chi connectivity index (χ0v) is 11.5. The summed E-state index contributed by atoms with van der Waals surface area (Å²) in [6.45, 7) is 7.85. The van der Waals surface area contributed by atoms with Gasteiger partial charge < -0.3 is 11.1 Å². The molecular weight excluding hydrogens is 222 g/mol. The fourth-order valence-electron chi connectivity index (χ4n) is 1.17. The Morgan fingerprint density at radius 1 is 1.50 bits per heavy atom. The van der Waals surface area contributed by atoms with Gasteiger partial charge in [-0.15, -0.1) is 0 Å². The van der Waals surface area contributed by atoms with Gasteiger partial charge in [-0.3, -0.25) is 9.69 Å². The summed E-state index contributed by atoms with van der Waals surface area (Å²) in [5.41, 5.74) is 5.49. The molecule has 16 heavy (non-hydrogen) atoms. The van der Waals surface area contributed by atoms with Gasteiger partial charge in [0.1, 0.15) is 0 Å². The van der Waals surface area contributed by atoms with Gasteiger partial charge in [-0.05, 0) is 26.9 Å². The molecule has 1 amide bonds. The number of thiocarbonyl (C=S) groups is 1. The van der Waals surface area contributed by atoms with Crippen LogP contribution in [0, 0.1) is 5.41 Å². The van der Waals surface area contributed by atoms with Crippen LogP contribution in [-0.2, 0) is 4.79 Å². The predicted molar refractivity (Wildman–Crippen MR) is 71.4 cm³/mol. The molecule has 0 atom stereocenters. The summed E-state index contributed by atoms with van der Waals surface area (Å²) >= 11 is 4.99. The maximum absolute atomic E-state index is 11.3. The molecule has 0 aliphatic rings. The molecule has 0 rings (SSSR count). The second-order valence-electron chi connectivity index (χ2n) is 4.69. The lowest BCUT2D eigenvalue weighted by Crippen LogP contribution is -2.38. The third-order valence-corrected chi connectivity index (χ3v) is 3.13. The summed E-state index contributed by atoms with van der Waals surface area (Å²) in [6.07, 6.45) is 0.859. The number of hydrogen-bond donors (Lipinski definition) is 2. The first-order valence-corrected chi connectivity index (χ1v) is 5.95. The molecule has 0 aromatic heterocycles. The number of hydrogen-bond acceptors (Lipinski definition) is 3. The largest absolute Gasteiger partial charge is 0.393 e. The summed E-state index contributed by atoms with van der Waals surface area (Å²) in [5.74, 6) is 0.0538. The summed E-state index contributed by atoms with van der Waals surface area (Å²) < 4.78 is 0. The number of nitrogens with two attached hydrogens (primary N) is 1. The normalized spacial score (nSPS) is 11.6. The Balaban J connectivity index is 3.94. The lowest BCUT2D eigenvalue weighted by molar-refractivity contribution is -0.121. The minimum absolute atomic E-state index is 0.0538. The first-order valence-electron chi connectivity index (χ1n) is 5.54. The van der Waals surface area contributed by atoms with Crippen LogP contribution < -0.4 is 11.1 Å². The van der Waals surface area contributed by atoms with Gasteiger partial charge in [-0.2, -0.15) is 0 Å². The van der Waals surface area contributed by atoms with E-state index in [1.165, 1.54) is 0 Å². The maximum Gasteiger partial charge on any atom is 0.234 e. The van der Waals surface area contributed by atoms with Crippen LogP contribution in [0.15, 0.2) is 0 Å². The van der Waals surface area contributed by atoms with E-state index in [0.29, 0.717) is 18.1 Å². The molecule has 0 unspecified atom stereocenters. The Bertz CT molecular complexity index is 254. The molecule has 0 heterocycles. The number of nitrogens with zero attached hydrogens (tertiary/aromatic N) is 1. The van der Waals surface area contributed by atoms with Crippen molar-refractivity contribution in [3.63, 3.8) is 0 Å². The van der Waals surface area contributed by atoms with Crippen LogP contribution in [0.1, 0.15) is 27.2 Å². The number of amides is 1. The fraction of sp³-hybridized carbons (Fsp3) is 0.818. The second-order valence-corrected chi connectivity index (χ2v) is 5.13. The van der Waals surface area contributed by atoms with E-state index in [0.717, 1.165) is 13.0 Å².